The van der Waals surface area contributed by atoms with Crippen molar-refractivity contribution < 1.29 is 20.1 Å². The fraction of sp³-hybridized carbons (Fsp3) is 0.429. The zero-order chi connectivity index (χ0) is 15.4. The Morgan fingerprint density at radius 3 is 2.86 bits per heavy atom. The first kappa shape index (κ1) is 14.0. The molecular weight excluding hydrogens is 306 g/mol. The van der Waals surface area contributed by atoms with Gasteiger partial charge in [0.15, 0.2) is 6.23 Å². The van der Waals surface area contributed by atoms with Gasteiger partial charge < -0.3 is 20.1 Å². The van der Waals surface area contributed by atoms with Gasteiger partial charge in [-0.05, 0) is 18.4 Å². The zero-order valence-electron chi connectivity index (χ0n) is 11.7. The molecule has 3 aromatic heterocycles. The molecule has 4 rings (SSSR count). The summed E-state index contributed by atoms with van der Waals surface area (Å²) in [6, 6.07) is 1.98. The van der Waals surface area contributed by atoms with Crippen molar-refractivity contribution in [3.8, 4) is 0 Å². The van der Waals surface area contributed by atoms with Gasteiger partial charge in [0, 0.05) is 10.8 Å². The summed E-state index contributed by atoms with van der Waals surface area (Å²) in [6.45, 7) is 1.55. The lowest BCUT2D eigenvalue weighted by molar-refractivity contribution is -0.0488. The Kier molecular flexibility index (Phi) is 3.17. The lowest BCUT2D eigenvalue weighted by atomic mass is 10.1. The number of hydrogen-bond donors (Lipinski definition) is 3. The van der Waals surface area contributed by atoms with Gasteiger partial charge in [-0.15, -0.1) is 11.3 Å². The molecule has 0 amide bonds. The monoisotopic (exact) mass is 321 g/mol. The predicted molar refractivity (Wildman–Crippen MR) is 80.7 cm³/mol. The van der Waals surface area contributed by atoms with Crippen LogP contribution in [-0.2, 0) is 4.74 Å². The van der Waals surface area contributed by atoms with E-state index in [9.17, 15) is 15.3 Å². The van der Waals surface area contributed by atoms with Crippen molar-refractivity contribution >= 4 is 32.6 Å². The Morgan fingerprint density at radius 2 is 2.14 bits per heavy atom. The fourth-order valence-corrected chi connectivity index (χ4v) is 4.00. The summed E-state index contributed by atoms with van der Waals surface area (Å²) >= 11 is 1.51. The van der Waals surface area contributed by atoms with E-state index in [4.69, 9.17) is 4.74 Å². The molecule has 0 spiro atoms. The largest absolute Gasteiger partial charge is 0.394 e. The smallest absolute Gasteiger partial charge is 0.165 e. The fourth-order valence-electron chi connectivity index (χ4n) is 3.06. The van der Waals surface area contributed by atoms with E-state index in [0.29, 0.717) is 5.65 Å². The summed E-state index contributed by atoms with van der Waals surface area (Å²) < 4.78 is 7.45. The van der Waals surface area contributed by atoms with Gasteiger partial charge in [-0.2, -0.15) is 0 Å². The van der Waals surface area contributed by atoms with Gasteiger partial charge in [-0.1, -0.05) is 0 Å². The van der Waals surface area contributed by atoms with E-state index in [1.165, 1.54) is 17.7 Å². The van der Waals surface area contributed by atoms with Gasteiger partial charge in [-0.3, -0.25) is 4.57 Å². The van der Waals surface area contributed by atoms with Crippen molar-refractivity contribution in [2.45, 2.75) is 31.5 Å². The average molecular weight is 321 g/mol. The minimum absolute atomic E-state index is 0.352. The van der Waals surface area contributed by atoms with Crippen LogP contribution in [-0.4, -0.2) is 54.8 Å². The first-order valence-electron chi connectivity index (χ1n) is 6.94. The number of hydrogen-bond acceptors (Lipinski definition) is 7. The van der Waals surface area contributed by atoms with E-state index in [0.717, 1.165) is 21.3 Å². The van der Waals surface area contributed by atoms with Gasteiger partial charge >= 0.3 is 0 Å². The van der Waals surface area contributed by atoms with E-state index in [1.807, 2.05) is 18.4 Å². The first-order chi connectivity index (χ1) is 10.6. The molecule has 1 saturated heterocycles. The molecule has 1 aliphatic heterocycles. The maximum absolute atomic E-state index is 10.3. The Bertz CT molecular complexity index is 845. The Labute approximate surface area is 129 Å². The van der Waals surface area contributed by atoms with Crippen molar-refractivity contribution in [1.29, 1.82) is 0 Å². The maximum Gasteiger partial charge on any atom is 0.165 e. The van der Waals surface area contributed by atoms with Crippen molar-refractivity contribution in [3.63, 3.8) is 0 Å². The number of aromatic nitrogens is 3. The van der Waals surface area contributed by atoms with Crippen molar-refractivity contribution in [2.75, 3.05) is 6.61 Å². The standard InChI is InChI=1S/C14H15N3O4S/c1-6-9-7-2-3-22-14(7)17(12(9)16-5-15-6)13-11(20)10(19)8(4-18)21-13/h2-3,5,8,10-11,13,18-20H,4H2,1H3/t8-,10-,11-,13-/m1/s1. The van der Waals surface area contributed by atoms with E-state index in [1.54, 1.807) is 4.57 Å². The molecule has 4 atom stereocenters. The molecule has 3 N–H and O–H groups in total. The third kappa shape index (κ3) is 1.76. The van der Waals surface area contributed by atoms with Gasteiger partial charge in [0.25, 0.3) is 0 Å². The third-order valence-electron chi connectivity index (χ3n) is 4.15. The maximum atomic E-state index is 10.3. The van der Waals surface area contributed by atoms with Crippen molar-refractivity contribution in [3.05, 3.63) is 23.5 Å². The summed E-state index contributed by atoms with van der Waals surface area (Å²) in [7, 11) is 0. The number of aliphatic hydroxyl groups excluding tert-OH is 3. The molecular formula is C14H15N3O4S. The molecule has 8 heteroatoms. The van der Waals surface area contributed by atoms with Gasteiger partial charge in [0.2, 0.25) is 0 Å². The van der Waals surface area contributed by atoms with Gasteiger partial charge in [-0.25, -0.2) is 9.97 Å². The molecule has 0 bridgehead atoms. The zero-order valence-corrected chi connectivity index (χ0v) is 12.6. The average Bonchev–Trinajstić information content (AvgIpc) is 3.15. The first-order valence-corrected chi connectivity index (χ1v) is 7.82. The minimum atomic E-state index is -1.13. The summed E-state index contributed by atoms with van der Waals surface area (Å²) in [5.74, 6) is 0. The van der Waals surface area contributed by atoms with Crippen molar-refractivity contribution in [1.82, 2.24) is 14.5 Å². The molecule has 116 valence electrons. The predicted octanol–water partition coefficient (Wildman–Crippen LogP) is 0.566. The number of aryl methyl sites for hydroxylation is 1. The molecule has 3 aromatic rings. The Hall–Kier alpha value is -1.58. The topological polar surface area (TPSA) is 101 Å². The van der Waals surface area contributed by atoms with Crippen LogP contribution in [0.1, 0.15) is 11.9 Å². The van der Waals surface area contributed by atoms with Crippen LogP contribution in [0.4, 0.5) is 0 Å². The number of rotatable bonds is 2. The van der Waals surface area contributed by atoms with Gasteiger partial charge in [0.05, 0.1) is 12.3 Å². The second-order valence-electron chi connectivity index (χ2n) is 5.40. The van der Waals surface area contributed by atoms with Crippen LogP contribution in [0.25, 0.3) is 21.3 Å². The van der Waals surface area contributed by atoms with Gasteiger partial charge in [0.1, 0.15) is 35.1 Å². The number of nitrogens with zero attached hydrogens (tertiary/aromatic N) is 3. The molecule has 0 aliphatic carbocycles. The number of thiophene rings is 1. The molecule has 7 nitrogen and oxygen atoms in total. The van der Waals surface area contributed by atoms with E-state index in [2.05, 4.69) is 9.97 Å². The number of ether oxygens (including phenoxy) is 1. The van der Waals surface area contributed by atoms with Crippen LogP contribution in [0, 0.1) is 6.92 Å². The second-order valence-corrected chi connectivity index (χ2v) is 6.29. The lowest BCUT2D eigenvalue weighted by Crippen LogP contribution is -2.33. The molecule has 1 aliphatic rings. The quantitative estimate of drug-likeness (QED) is 0.638. The van der Waals surface area contributed by atoms with Crippen molar-refractivity contribution in [2.24, 2.45) is 0 Å². The van der Waals surface area contributed by atoms with Crippen LogP contribution >= 0.6 is 11.3 Å². The highest BCUT2D eigenvalue weighted by atomic mass is 32.1. The molecule has 0 aromatic carbocycles. The molecule has 4 heterocycles. The SMILES string of the molecule is Cc1ncnc2c1c1ccsc1n2[C@@H]1O[C@H](CO)[C@@H](O)[C@H]1O. The normalized spacial score (nSPS) is 28.9. The molecule has 22 heavy (non-hydrogen) atoms. The number of aliphatic hydroxyl groups is 3. The Morgan fingerprint density at radius 1 is 1.32 bits per heavy atom. The summed E-state index contributed by atoms with van der Waals surface area (Å²) in [4.78, 5) is 9.46. The van der Waals surface area contributed by atoms with E-state index in [-0.39, 0.29) is 6.61 Å². The van der Waals surface area contributed by atoms with Crippen LogP contribution < -0.4 is 0 Å². The van der Waals surface area contributed by atoms with E-state index < -0.39 is 24.5 Å². The Balaban J connectivity index is 1.98. The third-order valence-corrected chi connectivity index (χ3v) is 5.06. The summed E-state index contributed by atoms with van der Waals surface area (Å²) in [6.07, 6.45) is -2.40. The second kappa shape index (κ2) is 4.97. The minimum Gasteiger partial charge on any atom is -0.394 e. The molecule has 1 fully saturated rings. The van der Waals surface area contributed by atoms with Crippen LogP contribution in [0.5, 0.6) is 0 Å². The van der Waals surface area contributed by atoms with Crippen LogP contribution in [0.2, 0.25) is 0 Å². The molecule has 0 radical (unpaired) electrons. The molecule has 0 unspecified atom stereocenters. The van der Waals surface area contributed by atoms with Crippen LogP contribution in [0.15, 0.2) is 17.8 Å². The lowest BCUT2D eigenvalue weighted by Gasteiger charge is -2.18. The molecule has 0 saturated carbocycles. The highest BCUT2D eigenvalue weighted by Gasteiger charge is 2.44. The highest BCUT2D eigenvalue weighted by Crippen LogP contribution is 2.39. The van der Waals surface area contributed by atoms with E-state index >= 15 is 0 Å². The highest BCUT2D eigenvalue weighted by molar-refractivity contribution is 7.17. The van der Waals surface area contributed by atoms with Crippen LogP contribution in [0.3, 0.4) is 0 Å². The summed E-state index contributed by atoms with van der Waals surface area (Å²) in [5.41, 5.74) is 1.50. The number of fused-ring (bicyclic) bond motifs is 3. The summed E-state index contributed by atoms with van der Waals surface area (Å²) in [5, 5.41) is 33.4.